The van der Waals surface area contributed by atoms with Crippen LogP contribution in [0.2, 0.25) is 5.02 Å². The Kier molecular flexibility index (Phi) is 5.81. The van der Waals surface area contributed by atoms with Crippen LogP contribution in [0.3, 0.4) is 0 Å². The van der Waals surface area contributed by atoms with Crippen LogP contribution in [0, 0.1) is 6.92 Å². The van der Waals surface area contributed by atoms with E-state index in [0.717, 1.165) is 53.4 Å². The number of amides is 1. The molecule has 5 nitrogen and oxygen atoms in total. The lowest BCUT2D eigenvalue weighted by atomic mass is 10.1. The van der Waals surface area contributed by atoms with Crippen LogP contribution in [0.1, 0.15) is 11.3 Å². The van der Waals surface area contributed by atoms with Gasteiger partial charge in [0.15, 0.2) is 5.17 Å². The van der Waals surface area contributed by atoms with Crippen LogP contribution >= 0.6 is 23.4 Å². The van der Waals surface area contributed by atoms with Gasteiger partial charge in [0.05, 0.1) is 4.91 Å². The Morgan fingerprint density at radius 1 is 1.00 bits per heavy atom. The number of benzene rings is 2. The number of piperazine rings is 1. The zero-order chi connectivity index (χ0) is 22.1. The molecule has 0 radical (unpaired) electrons. The third-order valence-corrected chi connectivity index (χ3v) is 6.85. The van der Waals surface area contributed by atoms with E-state index >= 15 is 0 Å². The van der Waals surface area contributed by atoms with Crippen LogP contribution in [0.4, 0.5) is 5.69 Å². The molecule has 5 rings (SSSR count). The maximum Gasteiger partial charge on any atom is 0.286 e. The highest BCUT2D eigenvalue weighted by atomic mass is 35.5. The Morgan fingerprint density at radius 3 is 2.50 bits per heavy atom. The largest absolute Gasteiger partial charge is 0.457 e. The molecule has 0 aliphatic carbocycles. The maximum atomic E-state index is 12.5. The molecule has 7 heteroatoms. The van der Waals surface area contributed by atoms with Gasteiger partial charge in [0.2, 0.25) is 0 Å². The third-order valence-electron chi connectivity index (χ3n) is 5.57. The molecular weight excluding hydrogens is 442 g/mol. The van der Waals surface area contributed by atoms with E-state index in [1.807, 2.05) is 42.5 Å². The quantitative estimate of drug-likeness (QED) is 0.466. The fraction of sp³-hybridized carbons (Fsp3) is 0.200. The molecule has 0 N–H and O–H groups in total. The second kappa shape index (κ2) is 8.88. The van der Waals surface area contributed by atoms with Crippen LogP contribution in [-0.2, 0) is 4.79 Å². The van der Waals surface area contributed by atoms with E-state index in [-0.39, 0.29) is 5.91 Å². The molecule has 1 saturated heterocycles. The minimum atomic E-state index is -0.212. The summed E-state index contributed by atoms with van der Waals surface area (Å²) in [5.41, 5.74) is 3.34. The first-order valence-corrected chi connectivity index (χ1v) is 11.7. The van der Waals surface area contributed by atoms with E-state index in [1.165, 1.54) is 17.3 Å². The predicted molar refractivity (Wildman–Crippen MR) is 132 cm³/mol. The Bertz CT molecular complexity index is 1210. The van der Waals surface area contributed by atoms with Gasteiger partial charge in [-0.3, -0.25) is 4.79 Å². The summed E-state index contributed by atoms with van der Waals surface area (Å²) in [6, 6.07) is 19.9. The zero-order valence-corrected chi connectivity index (χ0v) is 19.2. The van der Waals surface area contributed by atoms with Crippen LogP contribution in [0.5, 0.6) is 0 Å². The fourth-order valence-corrected chi connectivity index (χ4v) is 4.92. The minimum absolute atomic E-state index is 0.212. The van der Waals surface area contributed by atoms with Gasteiger partial charge in [-0.1, -0.05) is 47.5 Å². The highest BCUT2D eigenvalue weighted by Gasteiger charge is 2.29. The standard InChI is InChI=1S/C25H22ClN3O2S/c1-17-5-7-18(8-6-17)22-10-9-21(31-22)16-23-24(30)27-25(32-23)29-13-11-28(12-14-29)20-4-2-3-19(26)15-20/h2-10,15-16H,11-14H2,1H3. The summed E-state index contributed by atoms with van der Waals surface area (Å²) >= 11 is 7.54. The van der Waals surface area contributed by atoms with Crippen molar-refractivity contribution in [1.29, 1.82) is 0 Å². The van der Waals surface area contributed by atoms with E-state index in [9.17, 15) is 4.79 Å². The molecule has 3 heterocycles. The number of hydrogen-bond donors (Lipinski definition) is 0. The van der Waals surface area contributed by atoms with Gasteiger partial charge >= 0.3 is 0 Å². The summed E-state index contributed by atoms with van der Waals surface area (Å²) in [6.07, 6.45) is 1.78. The van der Waals surface area contributed by atoms with Gasteiger partial charge in [0, 0.05) is 48.5 Å². The SMILES string of the molecule is Cc1ccc(-c2ccc(C=C3SC(N4CCN(c5cccc(Cl)c5)CC4)=NC3=O)o2)cc1. The van der Waals surface area contributed by atoms with Gasteiger partial charge in [-0.25, -0.2) is 0 Å². The normalized spacial score (nSPS) is 17.9. The van der Waals surface area contributed by atoms with E-state index in [1.54, 1.807) is 6.08 Å². The zero-order valence-electron chi connectivity index (χ0n) is 17.6. The molecular formula is C25H22ClN3O2S. The predicted octanol–water partition coefficient (Wildman–Crippen LogP) is 5.70. The summed E-state index contributed by atoms with van der Waals surface area (Å²) in [4.78, 5) is 21.9. The molecule has 2 aliphatic rings. The third kappa shape index (κ3) is 4.47. The van der Waals surface area contributed by atoms with Gasteiger partial charge in [0.25, 0.3) is 5.91 Å². The number of anilines is 1. The number of aliphatic imine (C=N–C) groups is 1. The Hall–Kier alpha value is -2.96. The molecule has 0 spiro atoms. The van der Waals surface area contributed by atoms with Crippen molar-refractivity contribution in [2.75, 3.05) is 31.1 Å². The second-order valence-corrected chi connectivity index (χ2v) is 9.28. The molecule has 0 saturated carbocycles. The molecule has 0 atom stereocenters. The summed E-state index contributed by atoms with van der Waals surface area (Å²) in [6.45, 7) is 5.37. The highest BCUT2D eigenvalue weighted by Crippen LogP contribution is 2.32. The fourth-order valence-electron chi connectivity index (χ4n) is 3.79. The molecule has 2 aliphatic heterocycles. The number of rotatable bonds is 3. The van der Waals surface area contributed by atoms with E-state index < -0.39 is 0 Å². The van der Waals surface area contributed by atoms with Crippen molar-refractivity contribution >= 4 is 46.2 Å². The number of carbonyl (C=O) groups is 1. The van der Waals surface area contributed by atoms with E-state index in [4.69, 9.17) is 16.0 Å². The number of aryl methyl sites for hydroxylation is 1. The Balaban J connectivity index is 1.23. The van der Waals surface area contributed by atoms with Crippen molar-refractivity contribution in [3.05, 3.63) is 81.9 Å². The molecule has 0 unspecified atom stereocenters. The van der Waals surface area contributed by atoms with E-state index in [2.05, 4.69) is 39.9 Å². The summed E-state index contributed by atoms with van der Waals surface area (Å²) in [5, 5.41) is 1.50. The van der Waals surface area contributed by atoms with Crippen molar-refractivity contribution in [1.82, 2.24) is 4.90 Å². The number of hydrogen-bond acceptors (Lipinski definition) is 5. The molecule has 0 bridgehead atoms. The summed E-state index contributed by atoms with van der Waals surface area (Å²) in [7, 11) is 0. The summed E-state index contributed by atoms with van der Waals surface area (Å²) < 4.78 is 5.95. The molecule has 162 valence electrons. The molecule has 1 aromatic heterocycles. The molecule has 1 amide bonds. The van der Waals surface area contributed by atoms with Crippen molar-refractivity contribution in [3.63, 3.8) is 0 Å². The number of carbonyl (C=O) groups excluding carboxylic acids is 1. The molecule has 32 heavy (non-hydrogen) atoms. The first-order valence-electron chi connectivity index (χ1n) is 10.5. The number of halogens is 1. The van der Waals surface area contributed by atoms with Crippen molar-refractivity contribution < 1.29 is 9.21 Å². The maximum absolute atomic E-state index is 12.5. The van der Waals surface area contributed by atoms with Gasteiger partial charge < -0.3 is 14.2 Å². The van der Waals surface area contributed by atoms with Crippen LogP contribution in [0.15, 0.2) is 75.0 Å². The van der Waals surface area contributed by atoms with Crippen molar-refractivity contribution in [2.24, 2.45) is 4.99 Å². The van der Waals surface area contributed by atoms with Crippen molar-refractivity contribution in [3.8, 4) is 11.3 Å². The summed E-state index contributed by atoms with van der Waals surface area (Å²) in [5.74, 6) is 1.22. The average molecular weight is 464 g/mol. The monoisotopic (exact) mass is 463 g/mol. The average Bonchev–Trinajstić information content (AvgIpc) is 3.42. The Morgan fingerprint density at radius 2 is 1.75 bits per heavy atom. The number of furan rings is 1. The number of nitrogens with zero attached hydrogens (tertiary/aromatic N) is 3. The lowest BCUT2D eigenvalue weighted by Crippen LogP contribution is -2.47. The lowest BCUT2D eigenvalue weighted by molar-refractivity contribution is -0.113. The lowest BCUT2D eigenvalue weighted by Gasteiger charge is -2.36. The minimum Gasteiger partial charge on any atom is -0.457 e. The molecule has 2 aromatic carbocycles. The smallest absolute Gasteiger partial charge is 0.286 e. The Labute approximate surface area is 196 Å². The van der Waals surface area contributed by atoms with Gasteiger partial charge in [-0.15, -0.1) is 0 Å². The van der Waals surface area contributed by atoms with Crippen molar-refractivity contribution in [2.45, 2.75) is 6.92 Å². The first-order chi connectivity index (χ1) is 15.5. The van der Waals surface area contributed by atoms with Gasteiger partial charge in [-0.2, -0.15) is 4.99 Å². The van der Waals surface area contributed by atoms with Crippen LogP contribution < -0.4 is 4.90 Å². The number of thioether (sulfide) groups is 1. The van der Waals surface area contributed by atoms with Crippen LogP contribution in [0.25, 0.3) is 17.4 Å². The highest BCUT2D eigenvalue weighted by molar-refractivity contribution is 8.18. The molecule has 1 fully saturated rings. The van der Waals surface area contributed by atoms with Gasteiger partial charge in [-0.05, 0) is 49.0 Å². The molecule has 3 aromatic rings. The van der Waals surface area contributed by atoms with Crippen LogP contribution in [-0.4, -0.2) is 42.2 Å². The van der Waals surface area contributed by atoms with E-state index in [0.29, 0.717) is 10.7 Å². The second-order valence-electron chi connectivity index (χ2n) is 7.83. The van der Waals surface area contributed by atoms with Gasteiger partial charge in [0.1, 0.15) is 11.5 Å². The first kappa shape index (κ1) is 20.9. The number of amidine groups is 1. The topological polar surface area (TPSA) is 49.0 Å².